The first-order chi connectivity index (χ1) is 11.4. The highest BCUT2D eigenvalue weighted by Crippen LogP contribution is 2.21. The van der Waals surface area contributed by atoms with Crippen LogP contribution in [0.4, 0.5) is 10.1 Å². The number of esters is 1. The average molecular weight is 368 g/mol. The van der Waals surface area contributed by atoms with Gasteiger partial charge in [0.2, 0.25) is 0 Å². The standard InChI is InChI=1S/C17H12Cl2FNO3/c18-12-3-1-11(15(19)9-12)2-8-17(23)24-10-16(22)21-14-6-4-13(20)5-7-14/h1-9H,10H2,(H,21,22)/b8-2+. The van der Waals surface area contributed by atoms with Crippen LogP contribution < -0.4 is 5.32 Å². The van der Waals surface area contributed by atoms with Crippen molar-refractivity contribution in [1.82, 2.24) is 0 Å². The Balaban J connectivity index is 1.83. The van der Waals surface area contributed by atoms with Gasteiger partial charge in [0.05, 0.1) is 0 Å². The van der Waals surface area contributed by atoms with Crippen LogP contribution in [0.3, 0.4) is 0 Å². The second kappa shape index (κ2) is 8.47. The van der Waals surface area contributed by atoms with Crippen molar-refractivity contribution >= 4 is 46.8 Å². The van der Waals surface area contributed by atoms with E-state index in [1.165, 1.54) is 30.3 Å². The van der Waals surface area contributed by atoms with Gasteiger partial charge >= 0.3 is 5.97 Å². The Kier molecular flexibility index (Phi) is 6.35. The minimum absolute atomic E-state index is 0.389. The molecule has 7 heteroatoms. The summed E-state index contributed by atoms with van der Waals surface area (Å²) in [6, 6.07) is 10.0. The molecular weight excluding hydrogens is 356 g/mol. The highest BCUT2D eigenvalue weighted by atomic mass is 35.5. The molecule has 0 saturated heterocycles. The molecule has 0 aliphatic carbocycles. The van der Waals surface area contributed by atoms with E-state index in [1.54, 1.807) is 18.2 Å². The maximum Gasteiger partial charge on any atom is 0.331 e. The van der Waals surface area contributed by atoms with E-state index < -0.39 is 24.3 Å². The maximum absolute atomic E-state index is 12.7. The molecule has 124 valence electrons. The lowest BCUT2D eigenvalue weighted by molar-refractivity contribution is -0.142. The lowest BCUT2D eigenvalue weighted by Crippen LogP contribution is -2.20. The first kappa shape index (κ1) is 18.0. The van der Waals surface area contributed by atoms with Crippen LogP contribution in [0.15, 0.2) is 48.5 Å². The highest BCUT2D eigenvalue weighted by molar-refractivity contribution is 6.35. The molecular formula is C17H12Cl2FNO3. The van der Waals surface area contributed by atoms with Crippen molar-refractivity contribution in [1.29, 1.82) is 0 Å². The quantitative estimate of drug-likeness (QED) is 0.632. The molecule has 0 radical (unpaired) electrons. The fraction of sp³-hybridized carbons (Fsp3) is 0.0588. The molecule has 0 unspecified atom stereocenters. The molecule has 4 nitrogen and oxygen atoms in total. The Morgan fingerprint density at radius 1 is 1.12 bits per heavy atom. The van der Waals surface area contributed by atoms with Crippen LogP contribution in [0.2, 0.25) is 10.0 Å². The maximum atomic E-state index is 12.7. The summed E-state index contributed by atoms with van der Waals surface area (Å²) in [6.45, 7) is -0.463. The molecule has 0 bridgehead atoms. The highest BCUT2D eigenvalue weighted by Gasteiger charge is 2.06. The summed E-state index contributed by atoms with van der Waals surface area (Å²) in [5.74, 6) is -1.64. The summed E-state index contributed by atoms with van der Waals surface area (Å²) in [5, 5.41) is 3.34. The van der Waals surface area contributed by atoms with Crippen molar-refractivity contribution in [2.45, 2.75) is 0 Å². The first-order valence-electron chi connectivity index (χ1n) is 6.79. The number of rotatable bonds is 5. The van der Waals surface area contributed by atoms with Gasteiger partial charge in [-0.15, -0.1) is 0 Å². The zero-order valence-corrected chi connectivity index (χ0v) is 13.8. The zero-order valence-electron chi connectivity index (χ0n) is 12.3. The summed E-state index contributed by atoms with van der Waals surface area (Å²) in [5.41, 5.74) is 0.995. The summed E-state index contributed by atoms with van der Waals surface area (Å²) in [4.78, 5) is 23.2. The van der Waals surface area contributed by atoms with Crippen LogP contribution in [0.5, 0.6) is 0 Å². The Bertz CT molecular complexity index is 776. The molecule has 0 aliphatic heterocycles. The predicted molar refractivity (Wildman–Crippen MR) is 91.5 cm³/mol. The van der Waals surface area contributed by atoms with Gasteiger partial charge in [0, 0.05) is 21.8 Å². The van der Waals surface area contributed by atoms with Gasteiger partial charge in [0.1, 0.15) is 5.82 Å². The molecule has 0 spiro atoms. The van der Waals surface area contributed by atoms with Gasteiger partial charge in [-0.2, -0.15) is 0 Å². The molecule has 2 aromatic carbocycles. The molecule has 0 atom stereocenters. The van der Waals surface area contributed by atoms with E-state index in [9.17, 15) is 14.0 Å². The van der Waals surface area contributed by atoms with Gasteiger partial charge in [-0.3, -0.25) is 4.79 Å². The zero-order chi connectivity index (χ0) is 17.5. The Morgan fingerprint density at radius 3 is 2.50 bits per heavy atom. The monoisotopic (exact) mass is 367 g/mol. The lowest BCUT2D eigenvalue weighted by Gasteiger charge is -2.05. The number of halogens is 3. The van der Waals surface area contributed by atoms with Gasteiger partial charge in [-0.1, -0.05) is 29.3 Å². The van der Waals surface area contributed by atoms with Crippen molar-refractivity contribution in [3.05, 3.63) is 70.0 Å². The van der Waals surface area contributed by atoms with Gasteiger partial charge < -0.3 is 10.1 Å². The number of hydrogen-bond acceptors (Lipinski definition) is 3. The Labute approximate surface area is 147 Å². The van der Waals surface area contributed by atoms with E-state index in [-0.39, 0.29) is 0 Å². The van der Waals surface area contributed by atoms with Crippen molar-refractivity contribution in [3.8, 4) is 0 Å². The van der Waals surface area contributed by atoms with Crippen LogP contribution in [-0.4, -0.2) is 18.5 Å². The number of nitrogens with one attached hydrogen (secondary N) is 1. The van der Waals surface area contributed by atoms with Crippen LogP contribution >= 0.6 is 23.2 Å². The van der Waals surface area contributed by atoms with E-state index >= 15 is 0 Å². The topological polar surface area (TPSA) is 55.4 Å². The second-order valence-electron chi connectivity index (χ2n) is 4.66. The number of carbonyl (C=O) groups is 2. The van der Waals surface area contributed by atoms with Crippen LogP contribution in [0.25, 0.3) is 6.08 Å². The molecule has 2 rings (SSSR count). The molecule has 1 amide bonds. The number of amides is 1. The van der Waals surface area contributed by atoms with Crippen LogP contribution in [0, 0.1) is 5.82 Å². The third kappa shape index (κ3) is 5.68. The van der Waals surface area contributed by atoms with Crippen molar-refractivity contribution in [2.24, 2.45) is 0 Å². The number of benzene rings is 2. The molecule has 0 saturated carbocycles. The van der Waals surface area contributed by atoms with Gasteiger partial charge in [-0.25, -0.2) is 9.18 Å². The van der Waals surface area contributed by atoms with E-state index in [4.69, 9.17) is 27.9 Å². The van der Waals surface area contributed by atoms with Crippen molar-refractivity contribution < 1.29 is 18.7 Å². The van der Waals surface area contributed by atoms with E-state index in [0.29, 0.717) is 21.3 Å². The molecule has 24 heavy (non-hydrogen) atoms. The second-order valence-corrected chi connectivity index (χ2v) is 5.51. The molecule has 0 aromatic heterocycles. The van der Waals surface area contributed by atoms with Crippen molar-refractivity contribution in [2.75, 3.05) is 11.9 Å². The molecule has 0 heterocycles. The normalized spacial score (nSPS) is 10.6. The summed E-state index contributed by atoms with van der Waals surface area (Å²) >= 11 is 11.7. The van der Waals surface area contributed by atoms with Crippen molar-refractivity contribution in [3.63, 3.8) is 0 Å². The number of anilines is 1. The minimum atomic E-state index is -0.699. The summed E-state index contributed by atoms with van der Waals surface area (Å²) in [7, 11) is 0. The van der Waals surface area contributed by atoms with Crippen LogP contribution in [-0.2, 0) is 14.3 Å². The van der Waals surface area contributed by atoms with E-state index in [0.717, 1.165) is 6.08 Å². The average Bonchev–Trinajstić information content (AvgIpc) is 2.54. The lowest BCUT2D eigenvalue weighted by atomic mass is 10.2. The number of carbonyl (C=O) groups excluding carboxylic acids is 2. The van der Waals surface area contributed by atoms with Gasteiger partial charge in [0.25, 0.3) is 5.91 Å². The van der Waals surface area contributed by atoms with E-state index in [2.05, 4.69) is 5.32 Å². The minimum Gasteiger partial charge on any atom is -0.452 e. The third-order valence-electron chi connectivity index (χ3n) is 2.83. The summed E-state index contributed by atoms with van der Waals surface area (Å²) < 4.78 is 17.6. The Hall–Kier alpha value is -2.37. The van der Waals surface area contributed by atoms with E-state index in [1.807, 2.05) is 0 Å². The fourth-order valence-corrected chi connectivity index (χ4v) is 2.18. The first-order valence-corrected chi connectivity index (χ1v) is 7.55. The summed E-state index contributed by atoms with van der Waals surface area (Å²) in [6.07, 6.45) is 2.61. The molecule has 1 N–H and O–H groups in total. The predicted octanol–water partition coefficient (Wildman–Crippen LogP) is 4.33. The smallest absolute Gasteiger partial charge is 0.331 e. The van der Waals surface area contributed by atoms with Gasteiger partial charge in [0.15, 0.2) is 6.61 Å². The third-order valence-corrected chi connectivity index (χ3v) is 3.40. The molecule has 0 fully saturated rings. The number of ether oxygens (including phenoxy) is 1. The van der Waals surface area contributed by atoms with Crippen LogP contribution in [0.1, 0.15) is 5.56 Å². The molecule has 0 aliphatic rings. The SMILES string of the molecule is O=C(COC(=O)/C=C/c1ccc(Cl)cc1Cl)Nc1ccc(F)cc1. The number of hydrogen-bond donors (Lipinski definition) is 1. The molecule has 2 aromatic rings. The largest absolute Gasteiger partial charge is 0.452 e. The Morgan fingerprint density at radius 2 is 1.83 bits per heavy atom. The fourth-order valence-electron chi connectivity index (χ4n) is 1.71. The van der Waals surface area contributed by atoms with Gasteiger partial charge in [-0.05, 0) is 48.0 Å².